The van der Waals surface area contributed by atoms with Crippen LogP contribution in [-0.2, 0) is 29.2 Å². The topological polar surface area (TPSA) is 341 Å². The Labute approximate surface area is 578 Å². The van der Waals surface area contributed by atoms with Crippen LogP contribution in [0.15, 0.2) is 126 Å². The number of carbonyl (C=O) groups excluding carboxylic acids is 2. The standard InChI is InChI=1S/C16H20N2O2.C15H18N2O2.C10H14N2O2.C9H12N2O2.C7H8O3S.C6H10O2.CH3I.ClH.H3NO.Na.H/c1-11-4-5-12(2)18(11)13-6-7-16-15(8-13)17-9-14(19-3)10-20-16;1-10-3-4-11(2)17(10)12-5-6-15-14(7-12)16-8-13(18)9-19-15;1-13-8-5-12-9-4-7(11)2-3-10(9)14-6-8;10-6-1-2-9-8(3-6)11-4-7(12)5-13-9;1-6-2-4-7(5-3-6)11(8,9)10;1-5(7)3-4-6(2)8;1-2;;1-2;;/h4-8,14,17H,9-10H2,1-3H3;3-7,13,16,18H,8-9H2,1-2H3;2-4,8,12H,5-6,11H2,1H3;1-3,7,11-12H,4-5,10H2;2-5H,1H3,(H,8,9,10);3-4H2,1-2H3;1H3;1H;2H,1H2;;/q;;;;;;;;;+1;-1. The SMILES string of the molecule is CC(=O)CCC(C)=O.CI.COC1CNc2cc(-n3c(C)ccc3C)ccc2OC1.COC1CNc2cc(N)ccc2OC1.Cc1ccc(C)n1-c1ccc2c(c1)NCC(O)CO2.Cc1ccc(S(=O)(=O)O)cc1.Cl.NO.Nc1ccc2c(c1)NCC(O)CO2.[H-].[Na+]. The Bertz CT molecular complexity index is 3410. The number of ether oxygens (including phenoxy) is 6. The molecular weight excluding hydrogens is 1340 g/mol. The number of aromatic nitrogens is 2. The van der Waals surface area contributed by atoms with Gasteiger partial charge in [-0.15, -0.1) is 12.4 Å². The monoisotopic (exact) mass is 1430 g/mol. The average molecular weight is 1430 g/mol. The number of hydrogen-bond acceptors (Lipinski definition) is 20. The van der Waals surface area contributed by atoms with Crippen LogP contribution in [0.1, 0.15) is 56.5 Å². The van der Waals surface area contributed by atoms with Crippen molar-refractivity contribution in [2.24, 2.45) is 5.90 Å². The van der Waals surface area contributed by atoms with Crippen LogP contribution in [0.5, 0.6) is 23.0 Å². The second-order valence-electron chi connectivity index (χ2n) is 20.8. The fraction of sp³-hybridized carbons (Fsp3) is 0.375. The minimum Gasteiger partial charge on any atom is -1.00 e. The smallest absolute Gasteiger partial charge is 1.00 e. The van der Waals surface area contributed by atoms with Crippen molar-refractivity contribution in [1.82, 2.24) is 9.13 Å². The second kappa shape index (κ2) is 41.3. The van der Waals surface area contributed by atoms with Gasteiger partial charge < -0.3 is 96.7 Å². The Kier molecular flexibility index (Phi) is 36.7. The summed E-state index contributed by atoms with van der Waals surface area (Å²) in [6.07, 6.45) is 0.0362. The number of benzene rings is 5. The number of aliphatic hydroxyl groups is 2. The molecule has 11 rings (SSSR count). The van der Waals surface area contributed by atoms with Gasteiger partial charge in [0.2, 0.25) is 0 Å². The van der Waals surface area contributed by atoms with E-state index in [1.165, 1.54) is 48.8 Å². The first kappa shape index (κ1) is 80.8. The van der Waals surface area contributed by atoms with Gasteiger partial charge in [-0.2, -0.15) is 8.42 Å². The van der Waals surface area contributed by atoms with E-state index < -0.39 is 22.3 Å². The molecule has 0 fully saturated rings. The molecule has 0 amide bonds. The summed E-state index contributed by atoms with van der Waals surface area (Å²) >= 11 is 2.15. The zero-order valence-corrected chi connectivity index (χ0v) is 59.4. The molecule has 23 nitrogen and oxygen atoms in total. The molecule has 0 radical (unpaired) electrons. The quantitative estimate of drug-likeness (QED) is 0.0186. The third kappa shape index (κ3) is 26.7. The maximum absolute atomic E-state index is 10.5. The molecule has 4 aliphatic heterocycles. The first-order chi connectivity index (χ1) is 42.5. The Morgan fingerprint density at radius 1 is 0.538 bits per heavy atom. The molecular formula is C64H90ClIN9NaO14S. The number of methoxy groups -OCH3 is 2. The van der Waals surface area contributed by atoms with Gasteiger partial charge in [-0.1, -0.05) is 40.3 Å². The summed E-state index contributed by atoms with van der Waals surface area (Å²) in [4.78, 5) is 22.3. The molecule has 0 bridgehead atoms. The molecule has 6 heterocycles. The van der Waals surface area contributed by atoms with E-state index in [0.29, 0.717) is 58.0 Å². The number of Topliss-reactive ketones (excluding diaryl/α,β-unsaturated/α-hetero) is 2. The third-order valence-electron chi connectivity index (χ3n) is 13.6. The summed E-state index contributed by atoms with van der Waals surface area (Å²) < 4.78 is 66.8. The molecule has 496 valence electrons. The first-order valence-electron chi connectivity index (χ1n) is 28.4. The molecule has 0 saturated heterocycles. The summed E-state index contributed by atoms with van der Waals surface area (Å²) in [6.45, 7) is 17.5. The molecule has 0 aliphatic carbocycles. The minimum absolute atomic E-state index is 0. The minimum atomic E-state index is -4.02. The molecule has 7 aromatic rings. The van der Waals surface area contributed by atoms with Crippen LogP contribution >= 0.6 is 35.0 Å². The van der Waals surface area contributed by atoms with E-state index in [-0.39, 0.29) is 72.1 Å². The van der Waals surface area contributed by atoms with Gasteiger partial charge in [0.05, 0.1) is 27.6 Å². The van der Waals surface area contributed by atoms with Crippen molar-refractivity contribution in [3.63, 3.8) is 0 Å². The Morgan fingerprint density at radius 3 is 1.16 bits per heavy atom. The van der Waals surface area contributed by atoms with Crippen molar-refractivity contribution in [2.75, 3.05) is 104 Å². The number of nitrogens with two attached hydrogens (primary N) is 3. The number of nitrogens with zero attached hydrogens (tertiary/aromatic N) is 2. The van der Waals surface area contributed by atoms with Crippen LogP contribution in [-0.4, -0.2) is 145 Å². The number of nitrogen functional groups attached to an aromatic ring is 2. The van der Waals surface area contributed by atoms with Gasteiger partial charge in [-0.05, 0) is 163 Å². The Balaban J connectivity index is 0.000000554. The first-order valence-corrected chi connectivity index (χ1v) is 32.0. The molecule has 14 N–H and O–H groups in total. The van der Waals surface area contributed by atoms with Crippen molar-refractivity contribution in [3.8, 4) is 34.4 Å². The Morgan fingerprint density at radius 2 is 0.846 bits per heavy atom. The molecule has 27 heteroatoms. The molecule has 0 saturated carbocycles. The summed E-state index contributed by atoms with van der Waals surface area (Å²) in [5.41, 5.74) is 24.5. The number of ketones is 2. The molecule has 4 aliphatic rings. The van der Waals surface area contributed by atoms with Crippen LogP contribution in [0, 0.1) is 34.6 Å². The number of aryl methyl sites for hydroxylation is 5. The summed E-state index contributed by atoms with van der Waals surface area (Å²) in [7, 11) is -0.627. The number of β-amino-alcohol motifs (C(OH)–C–C–N with tert-alkyl or cyclic N) is 2. The van der Waals surface area contributed by atoms with Gasteiger partial charge >= 0.3 is 29.6 Å². The number of carbonyl (C=O) groups is 2. The number of anilines is 6. The van der Waals surface area contributed by atoms with Crippen LogP contribution < -0.4 is 87.1 Å². The van der Waals surface area contributed by atoms with Gasteiger partial charge in [0, 0.05) is 98.8 Å². The number of nitrogens with one attached hydrogen (secondary N) is 4. The van der Waals surface area contributed by atoms with Crippen molar-refractivity contribution < 1.29 is 97.4 Å². The van der Waals surface area contributed by atoms with Gasteiger partial charge in [0.1, 0.15) is 85.4 Å². The number of hydrogen-bond donors (Lipinski definition) is 11. The van der Waals surface area contributed by atoms with E-state index >= 15 is 0 Å². The predicted molar refractivity (Wildman–Crippen MR) is 368 cm³/mol. The van der Waals surface area contributed by atoms with E-state index in [2.05, 4.69) is 129 Å². The number of halogens is 2. The van der Waals surface area contributed by atoms with E-state index in [0.717, 1.165) is 81.5 Å². The number of rotatable bonds is 8. The summed E-state index contributed by atoms with van der Waals surface area (Å²) in [5.74, 6) is 6.92. The average Bonchev–Trinajstić information content (AvgIpc) is 1.99. The predicted octanol–water partition coefficient (Wildman–Crippen LogP) is 6.81. The van der Waals surface area contributed by atoms with Crippen LogP contribution in [0.3, 0.4) is 0 Å². The second-order valence-corrected chi connectivity index (χ2v) is 22.2. The van der Waals surface area contributed by atoms with Gasteiger partial charge in [-0.25, -0.2) is 5.90 Å². The van der Waals surface area contributed by atoms with Crippen molar-refractivity contribution in [2.45, 2.75) is 90.6 Å². The largest absolute Gasteiger partial charge is 1.00 e. The normalized spacial score (nSPS) is 16.1. The van der Waals surface area contributed by atoms with E-state index in [1.54, 1.807) is 44.6 Å². The number of fused-ring (bicyclic) bond motifs is 4. The van der Waals surface area contributed by atoms with E-state index in [9.17, 15) is 28.2 Å². The molecule has 2 aromatic heterocycles. The van der Waals surface area contributed by atoms with Crippen LogP contribution in [0.25, 0.3) is 11.4 Å². The summed E-state index contributed by atoms with van der Waals surface area (Å²) in [6, 6.07) is 37.7. The Hall–Kier alpha value is -6.31. The number of aliphatic hydroxyl groups excluding tert-OH is 2. The van der Waals surface area contributed by atoms with Crippen LogP contribution in [0.4, 0.5) is 34.1 Å². The van der Waals surface area contributed by atoms with Crippen LogP contribution in [0.2, 0.25) is 0 Å². The van der Waals surface area contributed by atoms with Gasteiger partial charge in [-0.3, -0.25) is 4.55 Å². The molecule has 4 atom stereocenters. The molecule has 5 aromatic carbocycles. The fourth-order valence-corrected chi connectivity index (χ4v) is 9.34. The maximum atomic E-state index is 10.5. The van der Waals surface area contributed by atoms with Gasteiger partial charge in [0.15, 0.2) is 0 Å². The molecule has 91 heavy (non-hydrogen) atoms. The zero-order chi connectivity index (χ0) is 65.8. The third-order valence-corrected chi connectivity index (χ3v) is 14.5. The van der Waals surface area contributed by atoms with Gasteiger partial charge in [0.25, 0.3) is 10.1 Å². The zero-order valence-electron chi connectivity index (χ0n) is 54.6. The van der Waals surface area contributed by atoms with E-state index in [1.807, 2.05) is 48.3 Å². The van der Waals surface area contributed by atoms with Crippen molar-refractivity contribution in [1.29, 1.82) is 0 Å². The maximum Gasteiger partial charge on any atom is 1.00 e. The molecule has 0 spiro atoms. The van der Waals surface area contributed by atoms with E-state index in [4.69, 9.17) is 49.6 Å². The van der Waals surface area contributed by atoms with Crippen molar-refractivity contribution >= 4 is 90.8 Å². The molecule has 4 unspecified atom stereocenters. The summed E-state index contributed by atoms with van der Waals surface area (Å²) in [5, 5.41) is 38.4. The fourth-order valence-electron chi connectivity index (χ4n) is 8.86. The van der Waals surface area contributed by atoms with Crippen molar-refractivity contribution in [3.05, 3.63) is 150 Å². The number of alkyl halides is 1.